The first-order valence-electron chi connectivity index (χ1n) is 14.3. The average Bonchev–Trinajstić information content (AvgIpc) is 3.20. The number of unbranched alkanes of at least 4 members (excludes halogenated alkanes) is 3. The van der Waals surface area contributed by atoms with E-state index in [9.17, 15) is 14.7 Å². The van der Waals surface area contributed by atoms with Gasteiger partial charge in [0.15, 0.2) is 5.82 Å². The summed E-state index contributed by atoms with van der Waals surface area (Å²) < 4.78 is 13.8. The number of nitrogen functional groups attached to an aromatic ring is 1. The van der Waals surface area contributed by atoms with E-state index in [0.29, 0.717) is 55.5 Å². The van der Waals surface area contributed by atoms with Gasteiger partial charge >= 0.3 is 6.09 Å². The number of nitrogens with one attached hydrogen (secondary N) is 1. The number of benzene rings is 1. The Kier molecular flexibility index (Phi) is 10.4. The number of rotatable bonds is 14. The molecule has 0 atom stereocenters. The summed E-state index contributed by atoms with van der Waals surface area (Å²) in [5.41, 5.74) is 7.59. The minimum Gasteiger partial charge on any atom is -0.494 e. The van der Waals surface area contributed by atoms with Gasteiger partial charge in [0, 0.05) is 43.6 Å². The van der Waals surface area contributed by atoms with Gasteiger partial charge in [-0.1, -0.05) is 12.8 Å². The van der Waals surface area contributed by atoms with Crippen LogP contribution in [-0.4, -0.2) is 67.4 Å². The third-order valence-electron chi connectivity index (χ3n) is 6.84. The molecular weight excluding hydrogens is 524 g/mol. The SMILES string of the molecule is CCOCc1nc2c(N)nc3cc(OCCCCCCN(C(=O)O)C(C)(C)C)ccc3c2n1CC(C)(C)NC(C)=O. The summed E-state index contributed by atoms with van der Waals surface area (Å²) in [5.74, 6) is 1.64. The first-order valence-corrected chi connectivity index (χ1v) is 14.3. The average molecular weight is 571 g/mol. The highest BCUT2D eigenvalue weighted by molar-refractivity contribution is 6.07. The summed E-state index contributed by atoms with van der Waals surface area (Å²) in [7, 11) is 0. The number of ether oxygens (including phenoxy) is 2. The summed E-state index contributed by atoms with van der Waals surface area (Å²) >= 11 is 0. The van der Waals surface area contributed by atoms with Gasteiger partial charge in [-0.2, -0.15) is 0 Å². The van der Waals surface area contributed by atoms with Crippen LogP contribution >= 0.6 is 0 Å². The van der Waals surface area contributed by atoms with E-state index in [4.69, 9.17) is 20.2 Å². The van der Waals surface area contributed by atoms with E-state index in [2.05, 4.69) is 14.9 Å². The molecule has 0 aliphatic heterocycles. The quantitative estimate of drug-likeness (QED) is 0.220. The number of hydrogen-bond donors (Lipinski definition) is 3. The summed E-state index contributed by atoms with van der Waals surface area (Å²) in [6.45, 7) is 15.5. The molecule has 41 heavy (non-hydrogen) atoms. The fourth-order valence-electron chi connectivity index (χ4n) is 5.05. The van der Waals surface area contributed by atoms with Crippen LogP contribution in [0.2, 0.25) is 0 Å². The van der Waals surface area contributed by atoms with Gasteiger partial charge in [-0.3, -0.25) is 4.79 Å². The molecule has 1 aromatic carbocycles. The number of amides is 2. The van der Waals surface area contributed by atoms with E-state index in [-0.39, 0.29) is 5.91 Å². The maximum atomic E-state index is 11.8. The Bertz CT molecular complexity index is 1360. The lowest BCUT2D eigenvalue weighted by atomic mass is 10.0. The predicted molar refractivity (Wildman–Crippen MR) is 161 cm³/mol. The molecule has 2 heterocycles. The van der Waals surface area contributed by atoms with Crippen molar-refractivity contribution in [3.05, 3.63) is 24.0 Å². The number of hydrogen-bond acceptors (Lipinski definition) is 7. The van der Waals surface area contributed by atoms with Crippen LogP contribution in [0.15, 0.2) is 18.2 Å². The number of nitrogens with two attached hydrogens (primary N) is 1. The van der Waals surface area contributed by atoms with Gasteiger partial charge < -0.3 is 35.1 Å². The van der Waals surface area contributed by atoms with Crippen molar-refractivity contribution in [2.75, 3.05) is 25.5 Å². The zero-order valence-electron chi connectivity index (χ0n) is 25.5. The van der Waals surface area contributed by atoms with E-state index in [1.807, 2.05) is 59.7 Å². The Morgan fingerprint density at radius 2 is 1.80 bits per heavy atom. The van der Waals surface area contributed by atoms with Gasteiger partial charge in [0.05, 0.1) is 23.2 Å². The van der Waals surface area contributed by atoms with Gasteiger partial charge in [-0.05, 0) is 66.5 Å². The molecule has 11 heteroatoms. The van der Waals surface area contributed by atoms with Crippen LogP contribution in [0, 0.1) is 0 Å². The van der Waals surface area contributed by atoms with Gasteiger partial charge in [-0.15, -0.1) is 0 Å². The second kappa shape index (κ2) is 13.4. The first-order chi connectivity index (χ1) is 19.2. The Hall–Kier alpha value is -3.60. The van der Waals surface area contributed by atoms with E-state index in [0.717, 1.165) is 42.4 Å². The summed E-state index contributed by atoms with van der Waals surface area (Å²) in [6, 6.07) is 5.78. The molecule has 0 aliphatic rings. The fourth-order valence-corrected chi connectivity index (χ4v) is 5.05. The Balaban J connectivity index is 1.74. The molecular formula is C30H46N6O5. The molecule has 11 nitrogen and oxygen atoms in total. The molecule has 226 valence electrons. The number of anilines is 1. The third kappa shape index (κ3) is 8.45. The van der Waals surface area contributed by atoms with Crippen LogP contribution in [-0.2, 0) is 22.7 Å². The summed E-state index contributed by atoms with van der Waals surface area (Å²) in [4.78, 5) is 34.2. The standard InChI is InChI=1S/C30H46N6O5/c1-8-40-18-24-33-25-26(35(24)19-30(6,7)34-20(2)37)22-14-13-21(17-23(22)32-27(25)31)41-16-12-10-9-11-15-36(28(38)39)29(3,4)5/h13-14,17H,8-12,15-16,18-19H2,1-7H3,(H2,31,32)(H,34,37)(H,38,39). The molecule has 2 amide bonds. The van der Waals surface area contributed by atoms with E-state index in [1.165, 1.54) is 11.8 Å². The van der Waals surface area contributed by atoms with Crippen molar-refractivity contribution in [1.82, 2.24) is 24.8 Å². The summed E-state index contributed by atoms with van der Waals surface area (Å²) in [5, 5.41) is 13.3. The smallest absolute Gasteiger partial charge is 0.407 e. The van der Waals surface area contributed by atoms with Crippen molar-refractivity contribution in [3.63, 3.8) is 0 Å². The molecule has 0 radical (unpaired) electrons. The molecule has 0 saturated heterocycles. The molecule has 0 aliphatic carbocycles. The lowest BCUT2D eigenvalue weighted by molar-refractivity contribution is -0.120. The van der Waals surface area contributed by atoms with Crippen LogP contribution in [0.5, 0.6) is 5.75 Å². The molecule has 2 aromatic heterocycles. The molecule has 0 bridgehead atoms. The van der Waals surface area contributed by atoms with Crippen LogP contribution in [0.3, 0.4) is 0 Å². The molecule has 3 rings (SSSR count). The molecule has 0 unspecified atom stereocenters. The topological polar surface area (TPSA) is 145 Å². The third-order valence-corrected chi connectivity index (χ3v) is 6.84. The van der Waals surface area contributed by atoms with Crippen LogP contribution < -0.4 is 15.8 Å². The zero-order valence-corrected chi connectivity index (χ0v) is 25.5. The van der Waals surface area contributed by atoms with Crippen molar-refractivity contribution < 1.29 is 24.2 Å². The minimum atomic E-state index is -0.881. The van der Waals surface area contributed by atoms with E-state index in [1.54, 1.807) is 0 Å². The number of carbonyl (C=O) groups excluding carboxylic acids is 1. The normalized spacial score (nSPS) is 12.2. The van der Waals surface area contributed by atoms with Crippen molar-refractivity contribution in [1.29, 1.82) is 0 Å². The molecule has 0 saturated carbocycles. The lowest BCUT2D eigenvalue weighted by Crippen LogP contribution is -2.45. The second-order valence-electron chi connectivity index (χ2n) is 12.1. The highest BCUT2D eigenvalue weighted by Gasteiger charge is 2.26. The van der Waals surface area contributed by atoms with Gasteiger partial charge in [-0.25, -0.2) is 14.8 Å². The second-order valence-corrected chi connectivity index (χ2v) is 12.1. The number of nitrogens with zero attached hydrogens (tertiary/aromatic N) is 4. The van der Waals surface area contributed by atoms with E-state index < -0.39 is 17.2 Å². The van der Waals surface area contributed by atoms with Crippen LogP contribution in [0.25, 0.3) is 21.9 Å². The number of carboxylic acid groups (broad SMARTS) is 1. The highest BCUT2D eigenvalue weighted by atomic mass is 16.5. The largest absolute Gasteiger partial charge is 0.494 e. The number of aromatic nitrogens is 3. The fraction of sp³-hybridized carbons (Fsp3) is 0.600. The van der Waals surface area contributed by atoms with Crippen molar-refractivity contribution in [2.24, 2.45) is 0 Å². The highest BCUT2D eigenvalue weighted by Crippen LogP contribution is 2.32. The molecule has 0 spiro atoms. The summed E-state index contributed by atoms with van der Waals surface area (Å²) in [6.07, 6.45) is 2.67. The number of pyridine rings is 1. The van der Waals surface area contributed by atoms with Crippen molar-refractivity contribution >= 4 is 39.8 Å². The van der Waals surface area contributed by atoms with E-state index >= 15 is 0 Å². The first kappa shape index (κ1) is 31.9. The van der Waals surface area contributed by atoms with Gasteiger partial charge in [0.1, 0.15) is 23.7 Å². The maximum Gasteiger partial charge on any atom is 0.407 e. The molecule has 0 fully saturated rings. The Morgan fingerprint density at radius 1 is 1.10 bits per heavy atom. The molecule has 4 N–H and O–H groups in total. The van der Waals surface area contributed by atoms with Crippen molar-refractivity contribution in [3.8, 4) is 5.75 Å². The lowest BCUT2D eigenvalue weighted by Gasteiger charge is -2.33. The van der Waals surface area contributed by atoms with Gasteiger partial charge in [0.25, 0.3) is 0 Å². The Labute approximate surface area is 242 Å². The number of fused-ring (bicyclic) bond motifs is 3. The minimum absolute atomic E-state index is 0.106. The van der Waals surface area contributed by atoms with Crippen LogP contribution in [0.1, 0.15) is 80.0 Å². The maximum absolute atomic E-state index is 11.8. The monoisotopic (exact) mass is 570 g/mol. The van der Waals surface area contributed by atoms with Crippen molar-refractivity contribution in [2.45, 2.75) is 98.4 Å². The van der Waals surface area contributed by atoms with Crippen LogP contribution in [0.4, 0.5) is 10.6 Å². The predicted octanol–water partition coefficient (Wildman–Crippen LogP) is 5.34. The molecule has 3 aromatic rings. The van der Waals surface area contributed by atoms with Gasteiger partial charge in [0.2, 0.25) is 5.91 Å². The zero-order chi connectivity index (χ0) is 30.4. The Morgan fingerprint density at radius 3 is 2.44 bits per heavy atom. The number of imidazole rings is 1. The number of carbonyl (C=O) groups is 2.